The molecule has 1 N–H and O–H groups in total. The lowest BCUT2D eigenvalue weighted by molar-refractivity contribution is -0.155. The standard InChI is InChI=1S/C34H51F2N3O2/c1-32(2,3)37-31(41)34(22-10-8-7-9-11-22)19-24-13-14-25(20-34)39(24)30(40)27-16-17-38(33(4,5)6)21-28(27)26-15-12-23(35)18-29(26)36/h12,15,18,22,24-25,27-28H,7-11,13-14,16-17,19-21H2,1-6H3,(H,37,41)/t24?,25?,27-,28+,34?/m1/s1. The van der Waals surface area contributed by atoms with Crippen LogP contribution in [0.1, 0.15) is 117 Å². The topological polar surface area (TPSA) is 52.7 Å². The first-order chi connectivity index (χ1) is 19.2. The Labute approximate surface area is 245 Å². The Kier molecular flexibility index (Phi) is 8.34. The molecule has 2 amide bonds. The van der Waals surface area contributed by atoms with E-state index in [0.717, 1.165) is 51.1 Å². The van der Waals surface area contributed by atoms with Crippen molar-refractivity contribution in [2.75, 3.05) is 13.1 Å². The molecule has 0 radical (unpaired) electrons. The molecule has 0 aromatic heterocycles. The zero-order valence-electron chi connectivity index (χ0n) is 26.1. The van der Waals surface area contributed by atoms with Crippen LogP contribution in [0.3, 0.4) is 0 Å². The summed E-state index contributed by atoms with van der Waals surface area (Å²) < 4.78 is 29.1. The van der Waals surface area contributed by atoms with E-state index in [0.29, 0.717) is 24.4 Å². The summed E-state index contributed by atoms with van der Waals surface area (Å²) in [6, 6.07) is 3.87. The van der Waals surface area contributed by atoms with Crippen molar-refractivity contribution in [2.24, 2.45) is 17.3 Å². The highest BCUT2D eigenvalue weighted by Gasteiger charge is 2.58. The summed E-state index contributed by atoms with van der Waals surface area (Å²) in [6.07, 6.45) is 9.68. The van der Waals surface area contributed by atoms with Crippen LogP contribution in [-0.2, 0) is 9.59 Å². The normalized spacial score (nSPS) is 31.8. The van der Waals surface area contributed by atoms with Gasteiger partial charge in [0.1, 0.15) is 11.6 Å². The van der Waals surface area contributed by atoms with Crippen molar-refractivity contribution >= 4 is 11.8 Å². The number of hydrogen-bond donors (Lipinski definition) is 1. The van der Waals surface area contributed by atoms with Crippen molar-refractivity contribution < 1.29 is 18.4 Å². The third kappa shape index (κ3) is 6.07. The van der Waals surface area contributed by atoms with Crippen LogP contribution in [0.5, 0.6) is 0 Å². The van der Waals surface area contributed by atoms with Crippen molar-refractivity contribution in [1.29, 1.82) is 0 Å². The van der Waals surface area contributed by atoms with Gasteiger partial charge in [-0.2, -0.15) is 0 Å². The quantitative estimate of drug-likeness (QED) is 0.432. The lowest BCUT2D eigenvalue weighted by Crippen LogP contribution is -2.61. The Morgan fingerprint density at radius 3 is 2.10 bits per heavy atom. The average Bonchev–Trinajstić information content (AvgIpc) is 3.16. The molecule has 41 heavy (non-hydrogen) atoms. The number of fused-ring (bicyclic) bond motifs is 2. The summed E-state index contributed by atoms with van der Waals surface area (Å²) in [4.78, 5) is 33.0. The minimum absolute atomic E-state index is 0.0354. The predicted octanol–water partition coefficient (Wildman–Crippen LogP) is 6.80. The number of hydrogen-bond acceptors (Lipinski definition) is 3. The summed E-state index contributed by atoms with van der Waals surface area (Å²) in [5.74, 6) is -1.24. The maximum absolute atomic E-state index is 15.2. The van der Waals surface area contributed by atoms with Crippen LogP contribution in [0.4, 0.5) is 8.78 Å². The molecule has 228 valence electrons. The first kappa shape index (κ1) is 30.4. The molecule has 1 aromatic carbocycles. The molecule has 4 aliphatic rings. The van der Waals surface area contributed by atoms with E-state index in [4.69, 9.17) is 0 Å². The van der Waals surface area contributed by atoms with Crippen molar-refractivity contribution in [3.05, 3.63) is 35.4 Å². The van der Waals surface area contributed by atoms with Gasteiger partial charge in [-0.15, -0.1) is 0 Å². The van der Waals surface area contributed by atoms with E-state index in [9.17, 15) is 14.0 Å². The zero-order chi connectivity index (χ0) is 29.7. The van der Waals surface area contributed by atoms with Gasteiger partial charge in [-0.05, 0) is 111 Å². The van der Waals surface area contributed by atoms with E-state index in [1.165, 1.54) is 31.4 Å². The molecule has 2 bridgehead atoms. The Bertz CT molecular complexity index is 1120. The van der Waals surface area contributed by atoms with E-state index in [1.807, 2.05) is 20.8 Å². The SMILES string of the molecule is CC(C)(C)NC(=O)C1(C2CCCCC2)CC2CCC(C1)N2C(=O)[C@@H]1CCN(C(C)(C)C)C[C@H]1c1ccc(F)cc1F. The molecule has 1 saturated carbocycles. The molecule has 2 unspecified atom stereocenters. The van der Waals surface area contributed by atoms with Gasteiger partial charge in [-0.25, -0.2) is 8.78 Å². The molecule has 5 rings (SSSR count). The van der Waals surface area contributed by atoms with Gasteiger partial charge < -0.3 is 10.2 Å². The number of benzene rings is 1. The third-order valence-corrected chi connectivity index (χ3v) is 10.6. The van der Waals surface area contributed by atoms with E-state index < -0.39 is 17.0 Å². The maximum atomic E-state index is 15.2. The van der Waals surface area contributed by atoms with Gasteiger partial charge in [0, 0.05) is 47.6 Å². The maximum Gasteiger partial charge on any atom is 0.227 e. The van der Waals surface area contributed by atoms with E-state index in [-0.39, 0.29) is 46.8 Å². The average molecular weight is 572 g/mol. The second kappa shape index (κ2) is 11.2. The molecule has 5 nitrogen and oxygen atoms in total. The fourth-order valence-electron chi connectivity index (χ4n) is 8.64. The second-order valence-electron chi connectivity index (χ2n) is 15.5. The van der Waals surface area contributed by atoms with Crippen molar-refractivity contribution in [2.45, 2.75) is 135 Å². The molecule has 3 saturated heterocycles. The van der Waals surface area contributed by atoms with Crippen molar-refractivity contribution in [1.82, 2.24) is 15.1 Å². The molecular weight excluding hydrogens is 520 g/mol. The number of nitrogens with one attached hydrogen (secondary N) is 1. The molecular formula is C34H51F2N3O2. The molecule has 1 aromatic rings. The van der Waals surface area contributed by atoms with E-state index in [1.54, 1.807) is 0 Å². The van der Waals surface area contributed by atoms with Gasteiger partial charge in [0.05, 0.1) is 5.41 Å². The van der Waals surface area contributed by atoms with Crippen LogP contribution in [-0.4, -0.2) is 57.9 Å². The number of carbonyl (C=O) groups is 2. The highest BCUT2D eigenvalue weighted by atomic mass is 19.1. The van der Waals surface area contributed by atoms with Crippen LogP contribution < -0.4 is 5.32 Å². The lowest BCUT2D eigenvalue weighted by atomic mass is 9.61. The highest BCUT2D eigenvalue weighted by molar-refractivity contribution is 5.86. The van der Waals surface area contributed by atoms with Crippen molar-refractivity contribution in [3.63, 3.8) is 0 Å². The van der Waals surface area contributed by atoms with E-state index >= 15 is 4.39 Å². The minimum Gasteiger partial charge on any atom is -0.351 e. The van der Waals surface area contributed by atoms with Gasteiger partial charge in [-0.3, -0.25) is 14.5 Å². The Hall–Kier alpha value is -2.02. The molecule has 3 aliphatic heterocycles. The van der Waals surface area contributed by atoms with Gasteiger partial charge in [0.2, 0.25) is 11.8 Å². The van der Waals surface area contributed by atoms with Gasteiger partial charge in [-0.1, -0.05) is 25.3 Å². The zero-order valence-corrected chi connectivity index (χ0v) is 26.1. The number of nitrogens with zero attached hydrogens (tertiary/aromatic N) is 2. The van der Waals surface area contributed by atoms with Crippen LogP contribution in [0, 0.1) is 28.9 Å². The first-order valence-electron chi connectivity index (χ1n) is 16.0. The molecule has 4 fully saturated rings. The number of carbonyl (C=O) groups excluding carboxylic acids is 2. The Morgan fingerprint density at radius 2 is 1.54 bits per heavy atom. The summed E-state index contributed by atoms with van der Waals surface area (Å²) in [5, 5.41) is 3.34. The Morgan fingerprint density at radius 1 is 0.902 bits per heavy atom. The summed E-state index contributed by atoms with van der Waals surface area (Å²) >= 11 is 0. The Balaban J connectivity index is 1.44. The summed E-state index contributed by atoms with van der Waals surface area (Å²) in [5.41, 5.74) is -0.427. The largest absolute Gasteiger partial charge is 0.351 e. The monoisotopic (exact) mass is 571 g/mol. The van der Waals surface area contributed by atoms with Crippen LogP contribution in [0.25, 0.3) is 0 Å². The molecule has 1 aliphatic carbocycles. The fourth-order valence-corrected chi connectivity index (χ4v) is 8.64. The number of amides is 2. The van der Waals surface area contributed by atoms with Gasteiger partial charge in [0.25, 0.3) is 0 Å². The summed E-state index contributed by atoms with van der Waals surface area (Å²) in [6.45, 7) is 13.9. The van der Waals surface area contributed by atoms with Crippen LogP contribution in [0.2, 0.25) is 0 Å². The molecule has 4 atom stereocenters. The predicted molar refractivity (Wildman–Crippen MR) is 158 cm³/mol. The van der Waals surface area contributed by atoms with Crippen LogP contribution in [0.15, 0.2) is 18.2 Å². The van der Waals surface area contributed by atoms with Crippen molar-refractivity contribution in [3.8, 4) is 0 Å². The highest BCUT2D eigenvalue weighted by Crippen LogP contribution is 2.54. The number of halogens is 2. The van der Waals surface area contributed by atoms with Crippen LogP contribution >= 0.6 is 0 Å². The molecule has 7 heteroatoms. The molecule has 0 spiro atoms. The fraction of sp³-hybridized carbons (Fsp3) is 0.765. The number of likely N-dealkylation sites (tertiary alicyclic amines) is 1. The molecule has 3 heterocycles. The summed E-state index contributed by atoms with van der Waals surface area (Å²) in [7, 11) is 0. The first-order valence-corrected chi connectivity index (χ1v) is 16.0. The minimum atomic E-state index is -0.598. The number of rotatable bonds is 4. The van der Waals surface area contributed by atoms with Gasteiger partial charge in [0.15, 0.2) is 0 Å². The second-order valence-corrected chi connectivity index (χ2v) is 15.5. The van der Waals surface area contributed by atoms with Gasteiger partial charge >= 0.3 is 0 Å². The number of piperidine rings is 2. The smallest absolute Gasteiger partial charge is 0.227 e. The van der Waals surface area contributed by atoms with E-state index in [2.05, 4.69) is 35.9 Å². The third-order valence-electron chi connectivity index (χ3n) is 10.6. The lowest BCUT2D eigenvalue weighted by Gasteiger charge is -2.52.